The van der Waals surface area contributed by atoms with E-state index in [2.05, 4.69) is 17.2 Å². The van der Waals surface area contributed by atoms with Crippen molar-refractivity contribution in [3.05, 3.63) is 17.8 Å². The van der Waals surface area contributed by atoms with Crippen LogP contribution in [-0.4, -0.2) is 30.2 Å². The molecule has 122 valence electrons. The molecule has 0 spiro atoms. The molecule has 1 aromatic heterocycles. The van der Waals surface area contributed by atoms with E-state index in [1.807, 2.05) is 19.9 Å². The molecule has 5 nitrogen and oxygen atoms in total. The SMILES string of the molecule is CCCCOc1ccc(NC(=O)C(C)(OC)C2CC2)c(C)n1. The predicted octanol–water partition coefficient (Wildman–Crippen LogP) is 3.32. The first-order chi connectivity index (χ1) is 10.5. The number of anilines is 1. The predicted molar refractivity (Wildman–Crippen MR) is 86.1 cm³/mol. The number of aryl methyl sites for hydroxylation is 1. The minimum absolute atomic E-state index is 0.109. The van der Waals surface area contributed by atoms with Crippen molar-refractivity contribution in [2.75, 3.05) is 19.0 Å². The van der Waals surface area contributed by atoms with Crippen molar-refractivity contribution >= 4 is 11.6 Å². The van der Waals surface area contributed by atoms with Gasteiger partial charge in [-0.15, -0.1) is 0 Å². The molecule has 1 amide bonds. The summed E-state index contributed by atoms with van der Waals surface area (Å²) in [6, 6.07) is 3.63. The highest BCUT2D eigenvalue weighted by Crippen LogP contribution is 2.42. The zero-order valence-corrected chi connectivity index (χ0v) is 13.9. The molecule has 1 unspecified atom stereocenters. The summed E-state index contributed by atoms with van der Waals surface area (Å²) in [5.74, 6) is 0.796. The summed E-state index contributed by atoms with van der Waals surface area (Å²) >= 11 is 0. The van der Waals surface area contributed by atoms with Crippen LogP contribution in [0.1, 0.15) is 45.2 Å². The number of methoxy groups -OCH3 is 1. The number of hydrogen-bond donors (Lipinski definition) is 1. The molecule has 22 heavy (non-hydrogen) atoms. The number of ether oxygens (including phenoxy) is 2. The number of amides is 1. The maximum Gasteiger partial charge on any atom is 0.256 e. The van der Waals surface area contributed by atoms with Crippen LogP contribution in [0.15, 0.2) is 12.1 Å². The highest BCUT2D eigenvalue weighted by molar-refractivity contribution is 5.98. The van der Waals surface area contributed by atoms with Crippen LogP contribution < -0.4 is 10.1 Å². The lowest BCUT2D eigenvalue weighted by Crippen LogP contribution is -2.44. The van der Waals surface area contributed by atoms with Crippen LogP contribution in [0.3, 0.4) is 0 Å². The van der Waals surface area contributed by atoms with Crippen molar-refractivity contribution in [2.45, 2.75) is 52.1 Å². The Balaban J connectivity index is 2.02. The van der Waals surface area contributed by atoms with E-state index < -0.39 is 5.60 Å². The van der Waals surface area contributed by atoms with Gasteiger partial charge in [0.25, 0.3) is 5.91 Å². The lowest BCUT2D eigenvalue weighted by atomic mass is 9.99. The summed E-state index contributed by atoms with van der Waals surface area (Å²) < 4.78 is 11.0. The van der Waals surface area contributed by atoms with E-state index >= 15 is 0 Å². The Kier molecular flexibility index (Phi) is 5.40. The van der Waals surface area contributed by atoms with Crippen LogP contribution in [0, 0.1) is 12.8 Å². The molecular formula is C17H26N2O3. The highest BCUT2D eigenvalue weighted by atomic mass is 16.5. The number of hydrogen-bond acceptors (Lipinski definition) is 4. The fourth-order valence-corrected chi connectivity index (χ4v) is 2.40. The Morgan fingerprint density at radius 2 is 2.18 bits per heavy atom. The minimum atomic E-state index is -0.761. The van der Waals surface area contributed by atoms with E-state index in [0.29, 0.717) is 24.1 Å². The molecule has 0 aromatic carbocycles. The first-order valence-corrected chi connectivity index (χ1v) is 7.98. The van der Waals surface area contributed by atoms with Gasteiger partial charge in [0, 0.05) is 13.2 Å². The van der Waals surface area contributed by atoms with Gasteiger partial charge < -0.3 is 14.8 Å². The number of carbonyl (C=O) groups excluding carboxylic acids is 1. The number of aromatic nitrogens is 1. The zero-order valence-electron chi connectivity index (χ0n) is 13.9. The van der Waals surface area contributed by atoms with Gasteiger partial charge in [0.1, 0.15) is 5.60 Å². The Morgan fingerprint density at radius 3 is 2.73 bits per heavy atom. The third-order valence-electron chi connectivity index (χ3n) is 4.29. The van der Waals surface area contributed by atoms with E-state index in [1.54, 1.807) is 13.2 Å². The summed E-state index contributed by atoms with van der Waals surface area (Å²) in [7, 11) is 1.59. The molecule has 1 atom stereocenters. The van der Waals surface area contributed by atoms with Crippen molar-refractivity contribution in [1.82, 2.24) is 4.98 Å². The van der Waals surface area contributed by atoms with Gasteiger partial charge in [-0.3, -0.25) is 4.79 Å². The molecule has 1 fully saturated rings. The highest BCUT2D eigenvalue weighted by Gasteiger charge is 2.47. The van der Waals surface area contributed by atoms with Crippen LogP contribution in [0.25, 0.3) is 0 Å². The average Bonchev–Trinajstić information content (AvgIpc) is 3.34. The van der Waals surface area contributed by atoms with Crippen LogP contribution in [0.5, 0.6) is 5.88 Å². The maximum absolute atomic E-state index is 12.5. The molecule has 1 N–H and O–H groups in total. The fraction of sp³-hybridized carbons (Fsp3) is 0.647. The standard InChI is InChI=1S/C17H26N2O3/c1-5-6-11-22-15-10-9-14(12(2)18-15)19-16(20)17(3,21-4)13-7-8-13/h9-10,13H,5-8,11H2,1-4H3,(H,19,20). The maximum atomic E-state index is 12.5. The van der Waals surface area contributed by atoms with Crippen LogP contribution in [0.2, 0.25) is 0 Å². The Bertz CT molecular complexity index is 529. The monoisotopic (exact) mass is 306 g/mol. The third-order valence-corrected chi connectivity index (χ3v) is 4.29. The van der Waals surface area contributed by atoms with E-state index in [9.17, 15) is 4.79 Å². The van der Waals surface area contributed by atoms with E-state index in [1.165, 1.54) is 0 Å². The van der Waals surface area contributed by atoms with Crippen molar-refractivity contribution in [3.8, 4) is 5.88 Å². The Morgan fingerprint density at radius 1 is 1.45 bits per heavy atom. The van der Waals surface area contributed by atoms with Gasteiger partial charge in [-0.2, -0.15) is 0 Å². The summed E-state index contributed by atoms with van der Waals surface area (Å²) in [5, 5.41) is 2.94. The Hall–Kier alpha value is -1.62. The lowest BCUT2D eigenvalue weighted by molar-refractivity contribution is -0.138. The fourth-order valence-electron chi connectivity index (χ4n) is 2.40. The number of pyridine rings is 1. The smallest absolute Gasteiger partial charge is 0.256 e. The van der Waals surface area contributed by atoms with E-state index in [4.69, 9.17) is 9.47 Å². The third kappa shape index (κ3) is 3.77. The summed E-state index contributed by atoms with van der Waals surface area (Å²) in [6.45, 7) is 6.50. The average molecular weight is 306 g/mol. The number of carbonyl (C=O) groups is 1. The molecule has 5 heteroatoms. The molecule has 0 radical (unpaired) electrons. The molecule has 0 saturated heterocycles. The number of nitrogens with one attached hydrogen (secondary N) is 1. The van der Waals surface area contributed by atoms with Crippen molar-refractivity contribution < 1.29 is 14.3 Å². The van der Waals surface area contributed by atoms with Gasteiger partial charge >= 0.3 is 0 Å². The molecule has 1 aliphatic rings. The second-order valence-corrected chi connectivity index (χ2v) is 6.02. The second-order valence-electron chi connectivity index (χ2n) is 6.02. The van der Waals surface area contributed by atoms with Gasteiger partial charge in [0.2, 0.25) is 5.88 Å². The van der Waals surface area contributed by atoms with E-state index in [-0.39, 0.29) is 5.91 Å². The summed E-state index contributed by atoms with van der Waals surface area (Å²) in [5.41, 5.74) is 0.691. The number of unbranched alkanes of at least 4 members (excludes halogenated alkanes) is 1. The quantitative estimate of drug-likeness (QED) is 0.748. The zero-order chi connectivity index (χ0) is 16.2. The molecule has 2 rings (SSSR count). The van der Waals surface area contributed by atoms with Crippen LogP contribution in [-0.2, 0) is 9.53 Å². The molecule has 1 aromatic rings. The first-order valence-electron chi connectivity index (χ1n) is 7.98. The Labute approximate surface area is 132 Å². The summed E-state index contributed by atoms with van der Waals surface area (Å²) in [4.78, 5) is 16.9. The molecule has 0 bridgehead atoms. The largest absolute Gasteiger partial charge is 0.478 e. The number of nitrogens with zero attached hydrogens (tertiary/aromatic N) is 1. The van der Waals surface area contributed by atoms with Gasteiger partial charge in [-0.25, -0.2) is 4.98 Å². The first kappa shape index (κ1) is 16.7. The van der Waals surface area contributed by atoms with Crippen LogP contribution >= 0.6 is 0 Å². The molecule has 1 aliphatic carbocycles. The van der Waals surface area contributed by atoms with Gasteiger partial charge in [0.15, 0.2) is 0 Å². The molecule has 0 aliphatic heterocycles. The second kappa shape index (κ2) is 7.09. The molecular weight excluding hydrogens is 280 g/mol. The molecule has 1 heterocycles. The number of rotatable bonds is 8. The van der Waals surface area contributed by atoms with E-state index in [0.717, 1.165) is 31.4 Å². The lowest BCUT2D eigenvalue weighted by Gasteiger charge is -2.27. The van der Waals surface area contributed by atoms with Crippen molar-refractivity contribution in [1.29, 1.82) is 0 Å². The normalized spacial score (nSPS) is 16.9. The summed E-state index contributed by atoms with van der Waals surface area (Å²) in [6.07, 6.45) is 4.18. The van der Waals surface area contributed by atoms with Gasteiger partial charge in [-0.05, 0) is 45.1 Å². The van der Waals surface area contributed by atoms with Crippen molar-refractivity contribution in [2.24, 2.45) is 5.92 Å². The minimum Gasteiger partial charge on any atom is -0.478 e. The topological polar surface area (TPSA) is 60.5 Å². The van der Waals surface area contributed by atoms with Crippen molar-refractivity contribution in [3.63, 3.8) is 0 Å². The van der Waals surface area contributed by atoms with Gasteiger partial charge in [-0.1, -0.05) is 13.3 Å². The van der Waals surface area contributed by atoms with Gasteiger partial charge in [0.05, 0.1) is 18.0 Å². The van der Waals surface area contributed by atoms with Crippen LogP contribution in [0.4, 0.5) is 5.69 Å². The molecule has 1 saturated carbocycles.